The first-order valence-corrected chi connectivity index (χ1v) is 8.92. The fourth-order valence-corrected chi connectivity index (χ4v) is 4.01. The Hall–Kier alpha value is -1.10. The van der Waals surface area contributed by atoms with Gasteiger partial charge in [-0.25, -0.2) is 0 Å². The molecule has 0 aromatic heterocycles. The van der Waals surface area contributed by atoms with Gasteiger partial charge < -0.3 is 15.4 Å². The summed E-state index contributed by atoms with van der Waals surface area (Å²) in [5.74, 6) is 0.621. The Labute approximate surface area is 142 Å². The molecule has 0 aliphatic carbocycles. The molecule has 5 heteroatoms. The predicted molar refractivity (Wildman–Crippen MR) is 91.8 cm³/mol. The van der Waals surface area contributed by atoms with Crippen LogP contribution >= 0.6 is 11.6 Å². The number of piperidine rings is 1. The summed E-state index contributed by atoms with van der Waals surface area (Å²) in [6.07, 6.45) is 3.73. The van der Waals surface area contributed by atoms with Crippen LogP contribution in [0.2, 0.25) is 5.02 Å². The lowest BCUT2D eigenvalue weighted by Crippen LogP contribution is -2.50. The van der Waals surface area contributed by atoms with Gasteiger partial charge >= 0.3 is 0 Å². The van der Waals surface area contributed by atoms with Crippen LogP contribution in [0, 0.1) is 5.92 Å². The van der Waals surface area contributed by atoms with Crippen molar-refractivity contribution in [2.45, 2.75) is 31.1 Å². The fraction of sp³-hybridized carbons (Fsp3) is 0.611. The summed E-state index contributed by atoms with van der Waals surface area (Å²) in [6.45, 7) is 4.01. The molecule has 2 heterocycles. The number of carbonyl (C=O) groups excluding carboxylic acids is 1. The van der Waals surface area contributed by atoms with Gasteiger partial charge in [-0.2, -0.15) is 0 Å². The molecule has 0 saturated carbocycles. The Morgan fingerprint density at radius 1 is 1.35 bits per heavy atom. The molecule has 0 spiro atoms. The quantitative estimate of drug-likeness (QED) is 0.888. The Kier molecular flexibility index (Phi) is 5.57. The van der Waals surface area contributed by atoms with E-state index in [4.69, 9.17) is 16.3 Å². The van der Waals surface area contributed by atoms with E-state index in [9.17, 15) is 4.79 Å². The summed E-state index contributed by atoms with van der Waals surface area (Å²) in [6, 6.07) is 7.71. The fourth-order valence-electron chi connectivity index (χ4n) is 3.69. The molecule has 2 aliphatic rings. The van der Waals surface area contributed by atoms with Gasteiger partial charge in [0.15, 0.2) is 0 Å². The first-order valence-electron chi connectivity index (χ1n) is 8.54. The lowest BCUT2D eigenvalue weighted by atomic mass is 9.73. The topological polar surface area (TPSA) is 50.4 Å². The van der Waals surface area contributed by atoms with Crippen molar-refractivity contribution in [1.82, 2.24) is 10.6 Å². The zero-order valence-corrected chi connectivity index (χ0v) is 14.2. The molecule has 2 aliphatic heterocycles. The zero-order valence-electron chi connectivity index (χ0n) is 13.4. The number of hydrogen-bond acceptors (Lipinski definition) is 3. The van der Waals surface area contributed by atoms with Crippen molar-refractivity contribution in [3.63, 3.8) is 0 Å². The van der Waals surface area contributed by atoms with Crippen LogP contribution in [-0.4, -0.2) is 38.8 Å². The number of nitrogens with one attached hydrogen (secondary N) is 2. The number of amides is 1. The first-order chi connectivity index (χ1) is 11.2. The van der Waals surface area contributed by atoms with Crippen LogP contribution in [0.3, 0.4) is 0 Å². The van der Waals surface area contributed by atoms with E-state index in [1.54, 1.807) is 0 Å². The zero-order chi connectivity index (χ0) is 16.1. The van der Waals surface area contributed by atoms with Crippen LogP contribution < -0.4 is 10.6 Å². The standard InChI is InChI=1S/C18H25ClN2O2/c19-16-6-2-1-5-15(16)18(7-10-23-11-8-18)17(22)21-13-14-4-3-9-20-12-14/h1-2,5-6,14,20H,3-4,7-13H2,(H,21,22). The van der Waals surface area contributed by atoms with E-state index in [2.05, 4.69) is 10.6 Å². The van der Waals surface area contributed by atoms with E-state index < -0.39 is 5.41 Å². The maximum absolute atomic E-state index is 13.1. The van der Waals surface area contributed by atoms with Crippen molar-refractivity contribution in [3.05, 3.63) is 34.9 Å². The summed E-state index contributed by atoms with van der Waals surface area (Å²) >= 11 is 6.41. The second kappa shape index (κ2) is 7.65. The lowest BCUT2D eigenvalue weighted by Gasteiger charge is -2.37. The minimum absolute atomic E-state index is 0.0967. The van der Waals surface area contributed by atoms with Crippen molar-refractivity contribution in [1.29, 1.82) is 0 Å². The smallest absolute Gasteiger partial charge is 0.230 e. The second-order valence-electron chi connectivity index (χ2n) is 6.60. The third kappa shape index (κ3) is 3.70. The summed E-state index contributed by atoms with van der Waals surface area (Å²) in [4.78, 5) is 13.1. The van der Waals surface area contributed by atoms with Gasteiger partial charge in [-0.15, -0.1) is 0 Å². The van der Waals surface area contributed by atoms with E-state index in [1.165, 1.54) is 12.8 Å². The van der Waals surface area contributed by atoms with Gasteiger partial charge in [-0.1, -0.05) is 29.8 Å². The molecule has 23 heavy (non-hydrogen) atoms. The normalized spacial score (nSPS) is 24.1. The molecule has 126 valence electrons. The van der Waals surface area contributed by atoms with Gasteiger partial charge in [0.05, 0.1) is 5.41 Å². The molecular formula is C18H25ClN2O2. The summed E-state index contributed by atoms with van der Waals surface area (Å²) in [5.41, 5.74) is 0.378. The van der Waals surface area contributed by atoms with E-state index in [1.807, 2.05) is 24.3 Å². The average Bonchev–Trinajstić information content (AvgIpc) is 2.61. The molecule has 2 fully saturated rings. The van der Waals surface area contributed by atoms with E-state index in [0.29, 0.717) is 37.0 Å². The second-order valence-corrected chi connectivity index (χ2v) is 7.00. The molecule has 2 saturated heterocycles. The van der Waals surface area contributed by atoms with E-state index in [0.717, 1.165) is 25.2 Å². The van der Waals surface area contributed by atoms with Crippen LogP contribution in [0.1, 0.15) is 31.2 Å². The molecule has 1 aromatic carbocycles. The van der Waals surface area contributed by atoms with E-state index >= 15 is 0 Å². The van der Waals surface area contributed by atoms with Crippen molar-refractivity contribution in [2.24, 2.45) is 5.92 Å². The van der Waals surface area contributed by atoms with E-state index in [-0.39, 0.29) is 5.91 Å². The molecule has 1 atom stereocenters. The highest BCUT2D eigenvalue weighted by molar-refractivity contribution is 6.31. The highest BCUT2D eigenvalue weighted by Gasteiger charge is 2.42. The van der Waals surface area contributed by atoms with Crippen LogP contribution in [0.4, 0.5) is 0 Å². The molecule has 1 amide bonds. The van der Waals surface area contributed by atoms with Gasteiger partial charge in [-0.05, 0) is 56.3 Å². The maximum Gasteiger partial charge on any atom is 0.230 e. The van der Waals surface area contributed by atoms with Crippen molar-refractivity contribution in [3.8, 4) is 0 Å². The number of ether oxygens (including phenoxy) is 1. The van der Waals surface area contributed by atoms with Crippen molar-refractivity contribution in [2.75, 3.05) is 32.8 Å². The molecule has 3 rings (SSSR count). The van der Waals surface area contributed by atoms with Crippen molar-refractivity contribution < 1.29 is 9.53 Å². The number of halogens is 1. The van der Waals surface area contributed by atoms with Gasteiger partial charge in [0.1, 0.15) is 0 Å². The van der Waals surface area contributed by atoms with Gasteiger partial charge in [-0.3, -0.25) is 4.79 Å². The van der Waals surface area contributed by atoms with Crippen LogP contribution in [0.5, 0.6) is 0 Å². The third-order valence-corrected chi connectivity index (χ3v) is 5.45. The minimum atomic E-state index is -0.557. The molecule has 1 aromatic rings. The van der Waals surface area contributed by atoms with Gasteiger partial charge in [0, 0.05) is 24.8 Å². The number of benzene rings is 1. The van der Waals surface area contributed by atoms with Crippen molar-refractivity contribution >= 4 is 17.5 Å². The van der Waals surface area contributed by atoms with Gasteiger partial charge in [0.2, 0.25) is 5.91 Å². The summed E-state index contributed by atoms with van der Waals surface area (Å²) < 4.78 is 5.50. The number of carbonyl (C=O) groups is 1. The SMILES string of the molecule is O=C(NCC1CCCNC1)C1(c2ccccc2Cl)CCOCC1. The van der Waals surface area contributed by atoms with Gasteiger partial charge in [0.25, 0.3) is 0 Å². The largest absolute Gasteiger partial charge is 0.381 e. The average molecular weight is 337 g/mol. The Bertz CT molecular complexity index is 538. The minimum Gasteiger partial charge on any atom is -0.381 e. The molecule has 0 radical (unpaired) electrons. The van der Waals surface area contributed by atoms with Crippen LogP contribution in [0.15, 0.2) is 24.3 Å². The number of rotatable bonds is 4. The maximum atomic E-state index is 13.1. The monoisotopic (exact) mass is 336 g/mol. The first kappa shape index (κ1) is 16.7. The molecule has 2 N–H and O–H groups in total. The van der Waals surface area contributed by atoms with Crippen LogP contribution in [-0.2, 0) is 14.9 Å². The molecular weight excluding hydrogens is 312 g/mol. The summed E-state index contributed by atoms with van der Waals surface area (Å²) in [5, 5.41) is 7.26. The molecule has 4 nitrogen and oxygen atoms in total. The molecule has 1 unspecified atom stereocenters. The number of hydrogen-bond donors (Lipinski definition) is 2. The third-order valence-electron chi connectivity index (χ3n) is 5.12. The predicted octanol–water partition coefficient (Wildman–Crippen LogP) is 2.50. The van der Waals surface area contributed by atoms with Crippen LogP contribution in [0.25, 0.3) is 0 Å². The lowest BCUT2D eigenvalue weighted by molar-refractivity contribution is -0.130. The highest BCUT2D eigenvalue weighted by atomic mass is 35.5. The Morgan fingerprint density at radius 3 is 2.83 bits per heavy atom. The molecule has 0 bridgehead atoms. The summed E-state index contributed by atoms with van der Waals surface area (Å²) in [7, 11) is 0. The Morgan fingerprint density at radius 2 is 2.13 bits per heavy atom. The highest BCUT2D eigenvalue weighted by Crippen LogP contribution is 2.38. The Balaban J connectivity index is 1.75.